The summed E-state index contributed by atoms with van der Waals surface area (Å²) in [6.07, 6.45) is -2.43. The summed E-state index contributed by atoms with van der Waals surface area (Å²) in [5, 5.41) is 39.1. The molecule has 0 saturated carbocycles. The largest absolute Gasteiger partial charge is 0.547 e. The maximum absolute atomic E-state index is 13.4. The van der Waals surface area contributed by atoms with Crippen molar-refractivity contribution >= 4 is 52.4 Å². The molecule has 198 valence electrons. The summed E-state index contributed by atoms with van der Waals surface area (Å²) >= 11 is 6.48. The lowest BCUT2D eigenvalue weighted by atomic mass is 9.93. The first-order valence-corrected chi connectivity index (χ1v) is 11.9. The van der Waals surface area contributed by atoms with Gasteiger partial charge >= 0.3 is 0 Å². The molecule has 2 aliphatic rings. The van der Waals surface area contributed by atoms with E-state index in [-0.39, 0.29) is 11.8 Å². The van der Waals surface area contributed by atoms with Gasteiger partial charge in [-0.25, -0.2) is 0 Å². The van der Waals surface area contributed by atoms with Crippen LogP contribution in [-0.4, -0.2) is 71.2 Å². The first-order chi connectivity index (χ1) is 17.5. The molecule has 0 radical (unpaired) electrons. The zero-order valence-corrected chi connectivity index (χ0v) is 20.7. The number of carbonyl (C=O) groups excluding carboxylic acids is 4. The van der Waals surface area contributed by atoms with Crippen LogP contribution < -0.4 is 20.4 Å². The van der Waals surface area contributed by atoms with E-state index in [4.69, 9.17) is 21.8 Å². The molecular formula is C25H26ClN3O8-2. The number of nitrogens with one attached hydrogen (secondary N) is 1. The van der Waals surface area contributed by atoms with Crippen molar-refractivity contribution in [2.45, 2.75) is 31.5 Å². The summed E-state index contributed by atoms with van der Waals surface area (Å²) in [5.41, 5.74) is 2.16. The number of rotatable bonds is 5. The Hall–Kier alpha value is -3.51. The van der Waals surface area contributed by atoms with Crippen LogP contribution in [0.3, 0.4) is 0 Å². The Morgan fingerprint density at radius 1 is 1.03 bits per heavy atom. The quantitative estimate of drug-likeness (QED) is 0.460. The van der Waals surface area contributed by atoms with Gasteiger partial charge in [-0.2, -0.15) is 0 Å². The fourth-order valence-corrected chi connectivity index (χ4v) is 4.39. The van der Waals surface area contributed by atoms with Crippen molar-refractivity contribution in [1.82, 2.24) is 4.90 Å². The third-order valence-corrected chi connectivity index (χ3v) is 6.49. The van der Waals surface area contributed by atoms with Gasteiger partial charge < -0.3 is 40.2 Å². The van der Waals surface area contributed by atoms with Crippen molar-refractivity contribution in [2.24, 2.45) is 5.92 Å². The topological polar surface area (TPSA) is 173 Å². The number of halogens is 1. The summed E-state index contributed by atoms with van der Waals surface area (Å²) in [4.78, 5) is 49.3. The number of piperidine rings is 1. The number of carboxylic acid groups (broad SMARTS) is 2. The maximum atomic E-state index is 13.4. The minimum atomic E-state index is -2.44. The van der Waals surface area contributed by atoms with Crippen molar-refractivity contribution in [2.75, 3.05) is 30.4 Å². The van der Waals surface area contributed by atoms with Gasteiger partial charge in [0.2, 0.25) is 5.91 Å². The van der Waals surface area contributed by atoms with E-state index in [1.165, 1.54) is 0 Å². The first kappa shape index (κ1) is 28.1. The van der Waals surface area contributed by atoms with Crippen molar-refractivity contribution in [1.29, 1.82) is 0 Å². The number of hydrogen-bond donors (Lipinski definition) is 3. The highest BCUT2D eigenvalue weighted by Gasteiger charge is 2.32. The van der Waals surface area contributed by atoms with Gasteiger partial charge in [-0.05, 0) is 63.2 Å². The molecule has 0 aromatic heterocycles. The molecule has 2 amide bonds. The molecule has 2 aliphatic heterocycles. The van der Waals surface area contributed by atoms with Crippen molar-refractivity contribution < 1.29 is 39.6 Å². The van der Waals surface area contributed by atoms with E-state index >= 15 is 0 Å². The van der Waals surface area contributed by atoms with Gasteiger partial charge in [0.1, 0.15) is 12.2 Å². The molecule has 0 spiro atoms. The van der Waals surface area contributed by atoms with Crippen molar-refractivity contribution in [3.63, 3.8) is 0 Å². The predicted octanol–water partition coefficient (Wildman–Crippen LogP) is -0.490. The Morgan fingerprint density at radius 3 is 2.22 bits per heavy atom. The maximum Gasteiger partial charge on any atom is 0.257 e. The van der Waals surface area contributed by atoms with E-state index in [9.17, 15) is 29.4 Å². The van der Waals surface area contributed by atoms with Gasteiger partial charge in [-0.15, -0.1) is 0 Å². The molecule has 2 aromatic carbocycles. The Bertz CT molecular complexity index is 1160. The van der Waals surface area contributed by atoms with E-state index in [0.29, 0.717) is 40.0 Å². The molecule has 37 heavy (non-hydrogen) atoms. The van der Waals surface area contributed by atoms with Crippen LogP contribution >= 0.6 is 11.6 Å². The molecule has 0 bridgehead atoms. The molecule has 0 unspecified atom stereocenters. The fourth-order valence-electron chi connectivity index (χ4n) is 4.14. The molecule has 4 rings (SSSR count). The van der Waals surface area contributed by atoms with Crippen LogP contribution in [0.4, 0.5) is 17.1 Å². The molecule has 1 fully saturated rings. The number of carboxylic acids is 2. The van der Waals surface area contributed by atoms with Gasteiger partial charge in [-0.1, -0.05) is 29.8 Å². The SMILES string of the molecule is CN1CCC(CC(=O)N2c3ccccc3C(=O)Nc3cccc(Cl)c32)CC1.O=C([O-])[C@H](O)[C@@H](O)C(=O)[O-]. The van der Waals surface area contributed by atoms with Crippen LogP contribution in [0.5, 0.6) is 0 Å². The summed E-state index contributed by atoms with van der Waals surface area (Å²) in [5.74, 6) is -4.03. The average molecular weight is 532 g/mol. The van der Waals surface area contributed by atoms with Crippen LogP contribution in [-0.2, 0) is 14.4 Å². The number of hydrogen-bond acceptors (Lipinski definition) is 9. The summed E-state index contributed by atoms with van der Waals surface area (Å²) in [6.45, 7) is 2.01. The number of likely N-dealkylation sites (tertiary alicyclic amines) is 1. The highest BCUT2D eigenvalue weighted by atomic mass is 35.5. The monoisotopic (exact) mass is 531 g/mol. The number of carbonyl (C=O) groups is 4. The molecule has 11 nitrogen and oxygen atoms in total. The van der Waals surface area contributed by atoms with Crippen molar-refractivity contribution in [3.05, 3.63) is 53.1 Å². The van der Waals surface area contributed by atoms with E-state index in [1.807, 2.05) is 6.07 Å². The van der Waals surface area contributed by atoms with Gasteiger partial charge in [0.05, 0.1) is 39.6 Å². The third-order valence-electron chi connectivity index (χ3n) is 6.18. The summed E-state index contributed by atoms with van der Waals surface area (Å²) in [7, 11) is 2.11. The number of aliphatic hydroxyl groups is 2. The van der Waals surface area contributed by atoms with E-state index < -0.39 is 24.1 Å². The van der Waals surface area contributed by atoms with Gasteiger partial charge in [-0.3, -0.25) is 14.5 Å². The lowest BCUT2D eigenvalue weighted by Gasteiger charge is -2.31. The highest BCUT2D eigenvalue weighted by molar-refractivity contribution is 6.36. The lowest BCUT2D eigenvalue weighted by molar-refractivity contribution is -0.333. The molecule has 2 atom stereocenters. The minimum Gasteiger partial charge on any atom is -0.547 e. The Labute approximate surface area is 217 Å². The van der Waals surface area contributed by atoms with Gasteiger partial charge in [0, 0.05) is 6.42 Å². The average Bonchev–Trinajstić information content (AvgIpc) is 2.99. The lowest BCUT2D eigenvalue weighted by Crippen LogP contribution is -2.51. The zero-order valence-electron chi connectivity index (χ0n) is 19.9. The van der Waals surface area contributed by atoms with Crippen LogP contribution in [0, 0.1) is 5.92 Å². The fraction of sp³-hybridized carbons (Fsp3) is 0.360. The standard InChI is InChI=1S/C21H22ClN3O2.C4H6O6/c1-24-11-9-14(10-12-24)13-19(26)25-18-8-3-2-5-15(18)21(27)23-17-7-4-6-16(22)20(17)25;5-1(3(7)8)2(6)4(9)10/h2-8,14H,9-13H2,1H3,(H,23,27);1-2,5-6H,(H,7,8)(H,9,10)/p-2/t;1-,2-/m.1/s1. The second kappa shape index (κ2) is 12.2. The summed E-state index contributed by atoms with van der Waals surface area (Å²) in [6, 6.07) is 12.5. The second-order valence-electron chi connectivity index (χ2n) is 8.81. The Balaban J connectivity index is 0.000000325. The number of aliphatic hydroxyl groups excluding tert-OH is 2. The number of amides is 2. The van der Waals surface area contributed by atoms with Gasteiger partial charge in [0.15, 0.2) is 0 Å². The molecule has 12 heteroatoms. The third kappa shape index (κ3) is 6.63. The first-order valence-electron chi connectivity index (χ1n) is 11.5. The highest BCUT2D eigenvalue weighted by Crippen LogP contribution is 2.43. The number of aliphatic carboxylic acids is 2. The van der Waals surface area contributed by atoms with E-state index in [0.717, 1.165) is 25.9 Å². The van der Waals surface area contributed by atoms with E-state index in [1.54, 1.807) is 41.3 Å². The predicted molar refractivity (Wildman–Crippen MR) is 130 cm³/mol. The molecule has 1 saturated heterocycles. The number of anilines is 3. The Kier molecular flexibility index (Phi) is 9.22. The minimum absolute atomic E-state index is 0.0251. The smallest absolute Gasteiger partial charge is 0.257 e. The molecular weight excluding hydrogens is 506 g/mol. The van der Waals surface area contributed by atoms with Gasteiger partial charge in [0.25, 0.3) is 5.91 Å². The number of nitrogens with zero attached hydrogens (tertiary/aromatic N) is 2. The molecule has 2 aromatic rings. The zero-order chi connectivity index (χ0) is 27.3. The van der Waals surface area contributed by atoms with Crippen LogP contribution in [0.2, 0.25) is 5.02 Å². The van der Waals surface area contributed by atoms with Crippen LogP contribution in [0.1, 0.15) is 29.6 Å². The van der Waals surface area contributed by atoms with E-state index in [2.05, 4.69) is 17.3 Å². The number of fused-ring (bicyclic) bond motifs is 2. The molecule has 2 heterocycles. The Morgan fingerprint density at radius 2 is 1.62 bits per heavy atom. The van der Waals surface area contributed by atoms with Crippen molar-refractivity contribution in [3.8, 4) is 0 Å². The van der Waals surface area contributed by atoms with Crippen LogP contribution in [0.15, 0.2) is 42.5 Å². The number of para-hydroxylation sites is 2. The molecule has 3 N–H and O–H groups in total. The molecule has 0 aliphatic carbocycles. The summed E-state index contributed by atoms with van der Waals surface area (Å²) < 4.78 is 0. The number of benzene rings is 2. The van der Waals surface area contributed by atoms with Crippen LogP contribution in [0.25, 0.3) is 0 Å². The second-order valence-corrected chi connectivity index (χ2v) is 9.22. The normalized spacial score (nSPS) is 17.2.